The molecule has 2 nitrogen and oxygen atoms in total. The first-order valence-corrected chi connectivity index (χ1v) is 5.03. The number of ketones is 1. The molecule has 0 rings (SSSR count). The second kappa shape index (κ2) is 4.75. The topological polar surface area (TPSA) is 43.1 Å². The number of Topliss-reactive ketones (excluding diaryl/α,β-unsaturated/α-hetero) is 1. The van der Waals surface area contributed by atoms with Crippen LogP contribution in [0.2, 0.25) is 0 Å². The molecule has 1 atom stereocenters. The van der Waals surface area contributed by atoms with Crippen LogP contribution < -0.4 is 5.73 Å². The molecule has 0 aromatic carbocycles. The predicted octanol–water partition coefficient (Wildman–Crippen LogP) is 2.37. The fourth-order valence-corrected chi connectivity index (χ4v) is 1.16. The fraction of sp³-hybridized carbons (Fsp3) is 0.909. The van der Waals surface area contributed by atoms with Crippen LogP contribution >= 0.6 is 0 Å². The van der Waals surface area contributed by atoms with Gasteiger partial charge in [0.1, 0.15) is 0 Å². The first kappa shape index (κ1) is 12.6. The summed E-state index contributed by atoms with van der Waals surface area (Å²) in [6.45, 7) is 10.3. The minimum Gasteiger partial charge on any atom is -0.321 e. The van der Waals surface area contributed by atoms with Gasteiger partial charge in [-0.05, 0) is 18.3 Å². The zero-order valence-corrected chi connectivity index (χ0v) is 9.55. The Kier molecular flexibility index (Phi) is 4.62. The quantitative estimate of drug-likeness (QED) is 0.730. The molecule has 0 bridgehead atoms. The number of carbonyl (C=O) groups excluding carboxylic acids is 1. The summed E-state index contributed by atoms with van der Waals surface area (Å²) in [5.74, 6) is 0.249. The van der Waals surface area contributed by atoms with Crippen molar-refractivity contribution >= 4 is 5.78 Å². The zero-order chi connectivity index (χ0) is 10.6. The van der Waals surface area contributed by atoms with Crippen molar-refractivity contribution in [3.8, 4) is 0 Å². The molecule has 0 aliphatic rings. The Bertz CT molecular complexity index is 167. The van der Waals surface area contributed by atoms with E-state index in [0.717, 1.165) is 12.8 Å². The van der Waals surface area contributed by atoms with E-state index >= 15 is 0 Å². The molecule has 13 heavy (non-hydrogen) atoms. The molecule has 0 saturated heterocycles. The maximum absolute atomic E-state index is 11.4. The van der Waals surface area contributed by atoms with E-state index in [0.29, 0.717) is 0 Å². The van der Waals surface area contributed by atoms with Crippen LogP contribution in [0, 0.1) is 11.3 Å². The molecule has 0 amide bonds. The van der Waals surface area contributed by atoms with E-state index < -0.39 is 0 Å². The molecule has 0 saturated carbocycles. The predicted molar refractivity (Wildman–Crippen MR) is 56.5 cm³/mol. The van der Waals surface area contributed by atoms with Crippen molar-refractivity contribution in [1.82, 2.24) is 0 Å². The SMILES string of the molecule is CC(C)C(=O)C(N)CCC(C)(C)C. The maximum Gasteiger partial charge on any atom is 0.152 e. The molecule has 2 heteroatoms. The van der Waals surface area contributed by atoms with Crippen LogP contribution in [0.3, 0.4) is 0 Å². The van der Waals surface area contributed by atoms with Crippen LogP contribution in [-0.4, -0.2) is 11.8 Å². The zero-order valence-electron chi connectivity index (χ0n) is 9.55. The highest BCUT2D eigenvalue weighted by Gasteiger charge is 2.19. The van der Waals surface area contributed by atoms with E-state index in [1.165, 1.54) is 0 Å². The van der Waals surface area contributed by atoms with Crippen molar-refractivity contribution in [2.75, 3.05) is 0 Å². The summed E-state index contributed by atoms with van der Waals surface area (Å²) in [5.41, 5.74) is 6.05. The number of carbonyl (C=O) groups is 1. The number of rotatable bonds is 4. The van der Waals surface area contributed by atoms with Gasteiger partial charge in [-0.3, -0.25) is 4.79 Å². The largest absolute Gasteiger partial charge is 0.321 e. The molecule has 0 aromatic rings. The summed E-state index contributed by atoms with van der Waals surface area (Å²) in [5, 5.41) is 0. The minimum absolute atomic E-state index is 0.0648. The summed E-state index contributed by atoms with van der Waals surface area (Å²) in [4.78, 5) is 11.4. The molecule has 78 valence electrons. The van der Waals surface area contributed by atoms with Crippen molar-refractivity contribution in [3.05, 3.63) is 0 Å². The van der Waals surface area contributed by atoms with Crippen LogP contribution in [-0.2, 0) is 4.79 Å². The third kappa shape index (κ3) is 5.81. The summed E-state index contributed by atoms with van der Waals surface area (Å²) < 4.78 is 0. The second-order valence-electron chi connectivity index (χ2n) is 5.26. The smallest absolute Gasteiger partial charge is 0.152 e. The van der Waals surface area contributed by atoms with Gasteiger partial charge in [-0.2, -0.15) is 0 Å². The Morgan fingerprint density at radius 2 is 1.77 bits per heavy atom. The average Bonchev–Trinajstić information content (AvgIpc) is 1.97. The molecular formula is C11H23NO. The van der Waals surface area contributed by atoms with E-state index in [9.17, 15) is 4.79 Å². The van der Waals surface area contributed by atoms with Crippen LogP contribution in [0.4, 0.5) is 0 Å². The van der Waals surface area contributed by atoms with Crippen LogP contribution in [0.25, 0.3) is 0 Å². The fourth-order valence-electron chi connectivity index (χ4n) is 1.16. The Balaban J connectivity index is 3.88. The third-order valence-corrected chi connectivity index (χ3v) is 2.14. The molecule has 0 spiro atoms. The summed E-state index contributed by atoms with van der Waals surface area (Å²) in [6.07, 6.45) is 1.81. The molecule has 0 aliphatic carbocycles. The first-order chi connectivity index (χ1) is 5.74. The molecule has 1 unspecified atom stereocenters. The Morgan fingerprint density at radius 1 is 1.31 bits per heavy atom. The van der Waals surface area contributed by atoms with Gasteiger partial charge in [0, 0.05) is 5.92 Å². The van der Waals surface area contributed by atoms with Crippen molar-refractivity contribution in [1.29, 1.82) is 0 Å². The Hall–Kier alpha value is -0.370. The standard InChI is InChI=1S/C11H23NO/c1-8(2)10(13)9(12)6-7-11(3,4)5/h8-9H,6-7,12H2,1-5H3. The van der Waals surface area contributed by atoms with Crippen molar-refractivity contribution in [3.63, 3.8) is 0 Å². The van der Waals surface area contributed by atoms with Crippen LogP contribution in [0.1, 0.15) is 47.5 Å². The summed E-state index contributed by atoms with van der Waals surface area (Å²) in [7, 11) is 0. The van der Waals surface area contributed by atoms with Crippen LogP contribution in [0.15, 0.2) is 0 Å². The average molecular weight is 185 g/mol. The highest BCUT2D eigenvalue weighted by molar-refractivity contribution is 5.85. The third-order valence-electron chi connectivity index (χ3n) is 2.14. The monoisotopic (exact) mass is 185 g/mol. The van der Waals surface area contributed by atoms with Gasteiger partial charge in [-0.15, -0.1) is 0 Å². The second-order valence-corrected chi connectivity index (χ2v) is 5.26. The van der Waals surface area contributed by atoms with Gasteiger partial charge in [0.25, 0.3) is 0 Å². The van der Waals surface area contributed by atoms with Gasteiger partial charge in [0.05, 0.1) is 6.04 Å². The first-order valence-electron chi connectivity index (χ1n) is 5.03. The van der Waals surface area contributed by atoms with Gasteiger partial charge in [0.2, 0.25) is 0 Å². The highest BCUT2D eigenvalue weighted by atomic mass is 16.1. The van der Waals surface area contributed by atoms with Gasteiger partial charge in [-0.25, -0.2) is 0 Å². The van der Waals surface area contributed by atoms with Gasteiger partial charge in [-0.1, -0.05) is 34.6 Å². The number of hydrogen-bond acceptors (Lipinski definition) is 2. The lowest BCUT2D eigenvalue weighted by Gasteiger charge is -2.21. The summed E-state index contributed by atoms with van der Waals surface area (Å²) >= 11 is 0. The molecule has 0 aromatic heterocycles. The van der Waals surface area contributed by atoms with Crippen molar-refractivity contribution < 1.29 is 4.79 Å². The highest BCUT2D eigenvalue weighted by Crippen LogP contribution is 2.21. The van der Waals surface area contributed by atoms with Crippen LogP contribution in [0.5, 0.6) is 0 Å². The number of nitrogens with two attached hydrogens (primary N) is 1. The molecule has 0 fully saturated rings. The molecule has 0 radical (unpaired) electrons. The lowest BCUT2D eigenvalue weighted by Crippen LogP contribution is -2.34. The van der Waals surface area contributed by atoms with Gasteiger partial charge >= 0.3 is 0 Å². The van der Waals surface area contributed by atoms with E-state index in [4.69, 9.17) is 5.73 Å². The minimum atomic E-state index is -0.265. The lowest BCUT2D eigenvalue weighted by molar-refractivity contribution is -0.123. The molecular weight excluding hydrogens is 162 g/mol. The van der Waals surface area contributed by atoms with E-state index in [-0.39, 0.29) is 23.2 Å². The van der Waals surface area contributed by atoms with E-state index in [1.54, 1.807) is 0 Å². The molecule has 0 aliphatic heterocycles. The van der Waals surface area contributed by atoms with Crippen molar-refractivity contribution in [2.24, 2.45) is 17.1 Å². The normalized spacial score (nSPS) is 14.7. The van der Waals surface area contributed by atoms with Gasteiger partial charge < -0.3 is 5.73 Å². The van der Waals surface area contributed by atoms with Crippen molar-refractivity contribution in [2.45, 2.75) is 53.5 Å². The van der Waals surface area contributed by atoms with E-state index in [2.05, 4.69) is 20.8 Å². The molecule has 2 N–H and O–H groups in total. The van der Waals surface area contributed by atoms with E-state index in [1.807, 2.05) is 13.8 Å². The maximum atomic E-state index is 11.4. The summed E-state index contributed by atoms with van der Waals surface area (Å²) in [6, 6.07) is -0.265. The molecule has 0 heterocycles. The lowest BCUT2D eigenvalue weighted by atomic mass is 9.87. The Labute approximate surface area is 81.9 Å². The van der Waals surface area contributed by atoms with Gasteiger partial charge in [0.15, 0.2) is 5.78 Å². The Morgan fingerprint density at radius 3 is 2.08 bits per heavy atom. The number of hydrogen-bond donors (Lipinski definition) is 1.